The van der Waals surface area contributed by atoms with Gasteiger partial charge in [0.2, 0.25) is 0 Å². The second-order valence-electron chi connectivity index (χ2n) is 6.17. The summed E-state index contributed by atoms with van der Waals surface area (Å²) in [5.74, 6) is -0.0108. The zero-order valence-electron chi connectivity index (χ0n) is 14.2. The van der Waals surface area contributed by atoms with Gasteiger partial charge in [-0.05, 0) is 43.3 Å². The molecule has 0 bridgehead atoms. The van der Waals surface area contributed by atoms with Gasteiger partial charge in [0.1, 0.15) is 11.5 Å². The number of aromatic hydroxyl groups is 1. The number of benzene rings is 2. The molecule has 2 heterocycles. The highest BCUT2D eigenvalue weighted by Gasteiger charge is 2.35. The minimum absolute atomic E-state index is 0.119. The summed E-state index contributed by atoms with van der Waals surface area (Å²) in [6.07, 6.45) is 1.57. The number of phenolic OH excluding ortho intramolecular Hbond substituents is 1. The monoisotopic (exact) mass is 346 g/mol. The number of amides is 1. The summed E-state index contributed by atoms with van der Waals surface area (Å²) < 4.78 is 5.61. The summed E-state index contributed by atoms with van der Waals surface area (Å²) in [7, 11) is 0. The standard InChI is InChI=1S/C21H18N2O3/c1-13-18(21(25)23-14-7-3-2-4-8-14)20(17-11-6-12-26-17)19-15(22-13)9-5-10-16(19)24/h2-12,20,22,24H,1H3,(H,23,25). The number of allylic oxidation sites excluding steroid dienone is 1. The second-order valence-corrected chi connectivity index (χ2v) is 6.17. The number of para-hydroxylation sites is 1. The van der Waals surface area contributed by atoms with E-state index in [4.69, 9.17) is 4.42 Å². The van der Waals surface area contributed by atoms with Crippen LogP contribution in [-0.4, -0.2) is 11.0 Å². The fourth-order valence-corrected chi connectivity index (χ4v) is 3.36. The Bertz CT molecular complexity index is 976. The fraction of sp³-hybridized carbons (Fsp3) is 0.0952. The average Bonchev–Trinajstić information content (AvgIpc) is 3.16. The molecule has 1 atom stereocenters. The largest absolute Gasteiger partial charge is 0.508 e. The van der Waals surface area contributed by atoms with Crippen molar-refractivity contribution in [3.8, 4) is 5.75 Å². The molecule has 5 nitrogen and oxygen atoms in total. The summed E-state index contributed by atoms with van der Waals surface area (Å²) >= 11 is 0. The van der Waals surface area contributed by atoms with E-state index in [1.54, 1.807) is 24.5 Å². The number of carbonyl (C=O) groups is 1. The summed E-state index contributed by atoms with van der Waals surface area (Å²) in [6, 6.07) is 18.1. The maximum Gasteiger partial charge on any atom is 0.254 e. The van der Waals surface area contributed by atoms with E-state index in [1.165, 1.54) is 0 Å². The highest BCUT2D eigenvalue weighted by Crippen LogP contribution is 2.46. The van der Waals surface area contributed by atoms with E-state index < -0.39 is 5.92 Å². The molecule has 130 valence electrons. The SMILES string of the molecule is CC1=C(C(=O)Nc2ccccc2)C(c2ccco2)c2c(O)cccc2N1. The van der Waals surface area contributed by atoms with E-state index >= 15 is 0 Å². The maximum absolute atomic E-state index is 13.1. The number of fused-ring (bicyclic) bond motifs is 1. The van der Waals surface area contributed by atoms with Crippen molar-refractivity contribution < 1.29 is 14.3 Å². The quantitative estimate of drug-likeness (QED) is 0.655. The van der Waals surface area contributed by atoms with Crippen LogP contribution in [0.1, 0.15) is 24.2 Å². The van der Waals surface area contributed by atoms with Gasteiger partial charge in [-0.15, -0.1) is 0 Å². The Morgan fingerprint density at radius 2 is 1.88 bits per heavy atom. The maximum atomic E-state index is 13.1. The number of nitrogens with one attached hydrogen (secondary N) is 2. The van der Waals surface area contributed by atoms with Crippen molar-refractivity contribution in [2.75, 3.05) is 10.6 Å². The van der Waals surface area contributed by atoms with Gasteiger partial charge in [-0.25, -0.2) is 0 Å². The Balaban J connectivity index is 1.81. The lowest BCUT2D eigenvalue weighted by atomic mass is 9.83. The van der Waals surface area contributed by atoms with Gasteiger partial charge in [0.05, 0.1) is 17.8 Å². The van der Waals surface area contributed by atoms with Crippen LogP contribution in [0, 0.1) is 0 Å². The van der Waals surface area contributed by atoms with Gasteiger partial charge in [-0.1, -0.05) is 24.3 Å². The summed E-state index contributed by atoms with van der Waals surface area (Å²) in [6.45, 7) is 1.85. The van der Waals surface area contributed by atoms with Gasteiger partial charge in [0, 0.05) is 22.6 Å². The number of phenols is 1. The van der Waals surface area contributed by atoms with Crippen molar-refractivity contribution in [3.63, 3.8) is 0 Å². The van der Waals surface area contributed by atoms with Crippen molar-refractivity contribution in [2.45, 2.75) is 12.8 Å². The number of rotatable bonds is 3. The molecule has 0 spiro atoms. The molecule has 2 aromatic carbocycles. The molecule has 1 aliphatic heterocycles. The first-order valence-electron chi connectivity index (χ1n) is 8.34. The number of furan rings is 1. The Labute approximate surface area is 151 Å². The van der Waals surface area contributed by atoms with E-state index in [0.29, 0.717) is 22.6 Å². The van der Waals surface area contributed by atoms with Gasteiger partial charge in [0.25, 0.3) is 5.91 Å². The van der Waals surface area contributed by atoms with E-state index in [1.807, 2.05) is 49.4 Å². The zero-order chi connectivity index (χ0) is 18.1. The third-order valence-corrected chi connectivity index (χ3v) is 4.49. The van der Waals surface area contributed by atoms with Crippen LogP contribution in [0.3, 0.4) is 0 Å². The van der Waals surface area contributed by atoms with Crippen LogP contribution in [0.2, 0.25) is 0 Å². The number of hydrogen-bond donors (Lipinski definition) is 3. The van der Waals surface area contributed by atoms with Gasteiger partial charge >= 0.3 is 0 Å². The lowest BCUT2D eigenvalue weighted by molar-refractivity contribution is -0.113. The van der Waals surface area contributed by atoms with Crippen LogP contribution in [0.25, 0.3) is 0 Å². The number of carbonyl (C=O) groups excluding carboxylic acids is 1. The Morgan fingerprint density at radius 3 is 2.62 bits per heavy atom. The molecular weight excluding hydrogens is 328 g/mol. The Kier molecular flexibility index (Phi) is 3.97. The first kappa shape index (κ1) is 16.0. The normalized spacial score (nSPS) is 16.0. The van der Waals surface area contributed by atoms with Crippen LogP contribution in [0.15, 0.2) is 82.6 Å². The zero-order valence-corrected chi connectivity index (χ0v) is 14.2. The van der Waals surface area contributed by atoms with Gasteiger partial charge in [-0.3, -0.25) is 4.79 Å². The molecule has 5 heteroatoms. The summed E-state index contributed by atoms with van der Waals surface area (Å²) in [4.78, 5) is 13.1. The third kappa shape index (κ3) is 2.73. The minimum Gasteiger partial charge on any atom is -0.508 e. The molecule has 3 aromatic rings. The van der Waals surface area contributed by atoms with E-state index in [2.05, 4.69) is 10.6 Å². The van der Waals surface area contributed by atoms with Crippen LogP contribution in [-0.2, 0) is 4.79 Å². The Morgan fingerprint density at radius 1 is 1.08 bits per heavy atom. The fourth-order valence-electron chi connectivity index (χ4n) is 3.36. The average molecular weight is 346 g/mol. The first-order chi connectivity index (χ1) is 12.6. The van der Waals surface area contributed by atoms with E-state index in [-0.39, 0.29) is 11.7 Å². The van der Waals surface area contributed by atoms with Gasteiger partial charge in [-0.2, -0.15) is 0 Å². The second kappa shape index (κ2) is 6.44. The molecule has 0 fully saturated rings. The van der Waals surface area contributed by atoms with Crippen LogP contribution >= 0.6 is 0 Å². The van der Waals surface area contributed by atoms with Crippen LogP contribution in [0.5, 0.6) is 5.75 Å². The first-order valence-corrected chi connectivity index (χ1v) is 8.34. The predicted molar refractivity (Wildman–Crippen MR) is 100 cm³/mol. The predicted octanol–water partition coefficient (Wildman–Crippen LogP) is 4.46. The van der Waals surface area contributed by atoms with Crippen molar-refractivity contribution in [3.05, 3.63) is 89.5 Å². The molecule has 0 radical (unpaired) electrons. The highest BCUT2D eigenvalue weighted by molar-refractivity contribution is 6.07. The summed E-state index contributed by atoms with van der Waals surface area (Å²) in [5, 5.41) is 16.6. The molecule has 0 saturated heterocycles. The lowest BCUT2D eigenvalue weighted by Crippen LogP contribution is -2.27. The van der Waals surface area contributed by atoms with Crippen molar-refractivity contribution in [1.29, 1.82) is 0 Å². The Hall–Kier alpha value is -3.47. The molecular formula is C21H18N2O3. The molecule has 1 amide bonds. The number of hydrogen-bond acceptors (Lipinski definition) is 4. The van der Waals surface area contributed by atoms with E-state index in [0.717, 1.165) is 11.4 Å². The highest BCUT2D eigenvalue weighted by atomic mass is 16.3. The van der Waals surface area contributed by atoms with Crippen LogP contribution in [0.4, 0.5) is 11.4 Å². The van der Waals surface area contributed by atoms with Crippen molar-refractivity contribution in [2.24, 2.45) is 0 Å². The molecule has 1 unspecified atom stereocenters. The van der Waals surface area contributed by atoms with Crippen LogP contribution < -0.4 is 10.6 Å². The summed E-state index contributed by atoms with van der Waals surface area (Å²) in [5.41, 5.74) is 3.33. The molecule has 0 saturated carbocycles. The molecule has 1 aliphatic rings. The molecule has 1 aromatic heterocycles. The van der Waals surface area contributed by atoms with Crippen molar-refractivity contribution in [1.82, 2.24) is 0 Å². The molecule has 26 heavy (non-hydrogen) atoms. The molecule has 4 rings (SSSR count). The topological polar surface area (TPSA) is 74.5 Å². The molecule has 3 N–H and O–H groups in total. The smallest absolute Gasteiger partial charge is 0.254 e. The number of anilines is 2. The third-order valence-electron chi connectivity index (χ3n) is 4.49. The van der Waals surface area contributed by atoms with Crippen molar-refractivity contribution >= 4 is 17.3 Å². The lowest BCUT2D eigenvalue weighted by Gasteiger charge is -2.29. The van der Waals surface area contributed by atoms with Gasteiger partial charge in [0.15, 0.2) is 0 Å². The van der Waals surface area contributed by atoms with Gasteiger partial charge < -0.3 is 20.2 Å². The van der Waals surface area contributed by atoms with E-state index in [9.17, 15) is 9.90 Å². The molecule has 0 aliphatic carbocycles. The minimum atomic E-state index is -0.494.